The molecular formula is C14H17BrO4. The Kier molecular flexibility index (Phi) is 3.76. The van der Waals surface area contributed by atoms with Crippen molar-refractivity contribution in [3.8, 4) is 11.5 Å². The zero-order valence-corrected chi connectivity index (χ0v) is 12.8. The van der Waals surface area contributed by atoms with Crippen LogP contribution in [0, 0.1) is 6.92 Å². The quantitative estimate of drug-likeness (QED) is 0.901. The van der Waals surface area contributed by atoms with Gasteiger partial charge in [-0.15, -0.1) is 0 Å². The maximum atomic E-state index is 11.1. The van der Waals surface area contributed by atoms with E-state index in [1.54, 1.807) is 14.2 Å². The average Bonchev–Trinajstić information content (AvgIpc) is 3.11. The van der Waals surface area contributed by atoms with Gasteiger partial charge in [0.05, 0.1) is 20.6 Å². The van der Waals surface area contributed by atoms with Crippen LogP contribution in [0.25, 0.3) is 0 Å². The molecule has 0 bridgehead atoms. The van der Waals surface area contributed by atoms with E-state index in [2.05, 4.69) is 15.9 Å². The largest absolute Gasteiger partial charge is 0.493 e. The summed E-state index contributed by atoms with van der Waals surface area (Å²) in [6.07, 6.45) is 1.87. The molecule has 19 heavy (non-hydrogen) atoms. The summed E-state index contributed by atoms with van der Waals surface area (Å²) >= 11 is 3.50. The summed E-state index contributed by atoms with van der Waals surface area (Å²) in [7, 11) is 3.17. The van der Waals surface area contributed by atoms with Crippen LogP contribution in [0.4, 0.5) is 0 Å². The van der Waals surface area contributed by atoms with E-state index >= 15 is 0 Å². The minimum absolute atomic E-state index is 0.129. The lowest BCUT2D eigenvalue weighted by Crippen LogP contribution is -2.16. The van der Waals surface area contributed by atoms with Crippen molar-refractivity contribution in [2.24, 2.45) is 0 Å². The average molecular weight is 329 g/mol. The molecule has 1 aromatic rings. The summed E-state index contributed by atoms with van der Waals surface area (Å²) in [5.74, 6) is 0.506. The summed E-state index contributed by atoms with van der Waals surface area (Å²) in [5, 5.41) is 9.12. The van der Waals surface area contributed by atoms with Crippen LogP contribution in [0.1, 0.15) is 30.4 Å². The molecule has 1 N–H and O–H groups in total. The highest BCUT2D eigenvalue weighted by molar-refractivity contribution is 9.10. The van der Waals surface area contributed by atoms with E-state index in [1.807, 2.05) is 13.0 Å². The van der Waals surface area contributed by atoms with Gasteiger partial charge in [-0.25, -0.2) is 0 Å². The maximum Gasteiger partial charge on any atom is 0.304 e. The summed E-state index contributed by atoms with van der Waals surface area (Å²) in [6, 6.07) is 1.86. The molecule has 0 spiro atoms. The molecule has 0 aliphatic heterocycles. The number of carboxylic acids is 1. The van der Waals surface area contributed by atoms with E-state index in [1.165, 1.54) is 0 Å². The van der Waals surface area contributed by atoms with Crippen LogP contribution < -0.4 is 9.47 Å². The van der Waals surface area contributed by atoms with Crippen molar-refractivity contribution in [3.63, 3.8) is 0 Å². The topological polar surface area (TPSA) is 55.8 Å². The first kappa shape index (κ1) is 14.2. The lowest BCUT2D eigenvalue weighted by molar-refractivity contribution is -0.137. The molecular weight excluding hydrogens is 312 g/mol. The summed E-state index contributed by atoms with van der Waals surface area (Å²) in [5.41, 5.74) is 1.68. The molecule has 104 valence electrons. The molecule has 0 atom stereocenters. The van der Waals surface area contributed by atoms with Crippen molar-refractivity contribution in [1.29, 1.82) is 0 Å². The highest BCUT2D eigenvalue weighted by Crippen LogP contribution is 2.57. The van der Waals surface area contributed by atoms with Crippen molar-refractivity contribution in [2.45, 2.75) is 31.6 Å². The molecule has 2 rings (SSSR count). The fraction of sp³-hybridized carbons (Fsp3) is 0.500. The Morgan fingerprint density at radius 1 is 1.42 bits per heavy atom. The van der Waals surface area contributed by atoms with Crippen LogP contribution in [-0.2, 0) is 10.2 Å². The fourth-order valence-electron chi connectivity index (χ4n) is 2.65. The molecule has 0 heterocycles. The second-order valence-corrected chi connectivity index (χ2v) is 5.80. The Morgan fingerprint density at radius 2 is 2.05 bits per heavy atom. The van der Waals surface area contributed by atoms with E-state index in [4.69, 9.17) is 14.6 Å². The molecule has 0 amide bonds. The standard InChI is InChI=1S/C14H17BrO4/c1-8-9(15)6-10(18-2)13(19-3)12(8)14(4-5-14)7-11(16)17/h6H,4-5,7H2,1-3H3,(H,16,17). The highest BCUT2D eigenvalue weighted by atomic mass is 79.9. The molecule has 1 aliphatic rings. The molecule has 1 saturated carbocycles. The van der Waals surface area contributed by atoms with Gasteiger partial charge in [0.15, 0.2) is 11.5 Å². The maximum absolute atomic E-state index is 11.1. The minimum Gasteiger partial charge on any atom is -0.493 e. The van der Waals surface area contributed by atoms with Crippen LogP contribution in [-0.4, -0.2) is 25.3 Å². The number of benzene rings is 1. The Morgan fingerprint density at radius 3 is 2.47 bits per heavy atom. The number of carbonyl (C=O) groups is 1. The van der Waals surface area contributed by atoms with E-state index in [-0.39, 0.29) is 11.8 Å². The van der Waals surface area contributed by atoms with Gasteiger partial charge >= 0.3 is 5.97 Å². The first-order valence-electron chi connectivity index (χ1n) is 6.08. The molecule has 0 aromatic heterocycles. The summed E-state index contributed by atoms with van der Waals surface area (Å²) < 4.78 is 11.7. The summed E-state index contributed by atoms with van der Waals surface area (Å²) in [4.78, 5) is 11.1. The Hall–Kier alpha value is -1.23. The predicted octanol–water partition coefficient (Wildman–Crippen LogP) is 3.28. The summed E-state index contributed by atoms with van der Waals surface area (Å²) in [6.45, 7) is 1.98. The first-order valence-corrected chi connectivity index (χ1v) is 6.88. The molecule has 1 aliphatic carbocycles. The molecule has 1 fully saturated rings. The van der Waals surface area contributed by atoms with Gasteiger partial charge in [0, 0.05) is 15.5 Å². The third-order valence-corrected chi connectivity index (χ3v) is 4.56. The smallest absolute Gasteiger partial charge is 0.304 e. The number of ether oxygens (including phenoxy) is 2. The zero-order chi connectivity index (χ0) is 14.2. The lowest BCUT2D eigenvalue weighted by Gasteiger charge is -2.22. The van der Waals surface area contributed by atoms with Gasteiger partial charge in [0.25, 0.3) is 0 Å². The Balaban J connectivity index is 2.61. The van der Waals surface area contributed by atoms with Crippen LogP contribution in [0.2, 0.25) is 0 Å². The minimum atomic E-state index is -0.780. The van der Waals surface area contributed by atoms with Crippen molar-refractivity contribution >= 4 is 21.9 Å². The van der Waals surface area contributed by atoms with Crippen LogP contribution >= 0.6 is 15.9 Å². The Bertz CT molecular complexity index is 521. The van der Waals surface area contributed by atoms with Gasteiger partial charge in [-0.1, -0.05) is 15.9 Å². The van der Waals surface area contributed by atoms with Gasteiger partial charge in [-0.05, 0) is 31.4 Å². The molecule has 1 aromatic carbocycles. The van der Waals surface area contributed by atoms with Crippen molar-refractivity contribution in [2.75, 3.05) is 14.2 Å². The van der Waals surface area contributed by atoms with Crippen molar-refractivity contribution < 1.29 is 19.4 Å². The SMILES string of the molecule is COc1cc(Br)c(C)c(C2(CC(=O)O)CC2)c1OC. The molecule has 4 nitrogen and oxygen atoms in total. The van der Waals surface area contributed by atoms with Gasteiger partial charge in [0.1, 0.15) is 0 Å². The van der Waals surface area contributed by atoms with Crippen LogP contribution in [0.3, 0.4) is 0 Å². The number of aliphatic carboxylic acids is 1. The van der Waals surface area contributed by atoms with E-state index in [0.717, 1.165) is 28.4 Å². The zero-order valence-electron chi connectivity index (χ0n) is 11.2. The fourth-order valence-corrected chi connectivity index (χ4v) is 3.06. The monoisotopic (exact) mass is 328 g/mol. The number of hydrogen-bond donors (Lipinski definition) is 1. The number of halogens is 1. The van der Waals surface area contributed by atoms with Gasteiger partial charge in [-0.2, -0.15) is 0 Å². The Labute approximate surface area is 120 Å². The second kappa shape index (κ2) is 5.04. The first-order chi connectivity index (χ1) is 8.95. The van der Waals surface area contributed by atoms with Crippen molar-refractivity contribution in [3.05, 3.63) is 21.7 Å². The third-order valence-electron chi connectivity index (χ3n) is 3.74. The lowest BCUT2D eigenvalue weighted by atomic mass is 9.87. The molecule has 0 saturated heterocycles. The third kappa shape index (κ3) is 2.43. The van der Waals surface area contributed by atoms with Crippen LogP contribution in [0.15, 0.2) is 10.5 Å². The predicted molar refractivity (Wildman–Crippen MR) is 75.1 cm³/mol. The van der Waals surface area contributed by atoms with E-state index in [9.17, 15) is 4.79 Å². The number of methoxy groups -OCH3 is 2. The molecule has 0 unspecified atom stereocenters. The van der Waals surface area contributed by atoms with Gasteiger partial charge < -0.3 is 14.6 Å². The number of rotatable bonds is 5. The normalized spacial score (nSPS) is 16.0. The second-order valence-electron chi connectivity index (χ2n) is 4.94. The molecule has 5 heteroatoms. The van der Waals surface area contributed by atoms with Gasteiger partial charge in [-0.3, -0.25) is 4.79 Å². The molecule has 0 radical (unpaired) electrons. The number of hydrogen-bond acceptors (Lipinski definition) is 3. The van der Waals surface area contributed by atoms with Crippen molar-refractivity contribution in [1.82, 2.24) is 0 Å². The van der Waals surface area contributed by atoms with E-state index < -0.39 is 5.97 Å². The highest BCUT2D eigenvalue weighted by Gasteiger charge is 2.49. The van der Waals surface area contributed by atoms with Crippen LogP contribution in [0.5, 0.6) is 11.5 Å². The van der Waals surface area contributed by atoms with Gasteiger partial charge in [0.2, 0.25) is 0 Å². The number of carboxylic acid groups (broad SMARTS) is 1. The van der Waals surface area contributed by atoms with E-state index in [0.29, 0.717) is 11.5 Å².